The van der Waals surface area contributed by atoms with Crippen LogP contribution in [-0.4, -0.2) is 39.6 Å². The minimum atomic E-state index is -0.428. The predicted octanol–water partition coefficient (Wildman–Crippen LogP) is 2.02. The maximum Gasteiger partial charge on any atom is 0.293 e. The van der Waals surface area contributed by atoms with Crippen molar-refractivity contribution in [2.24, 2.45) is 10.9 Å². The number of benzene rings is 1. The maximum absolute atomic E-state index is 11.3. The first-order valence-electron chi connectivity index (χ1n) is 6.60. The van der Waals surface area contributed by atoms with Crippen LogP contribution in [-0.2, 0) is 0 Å². The molecular weight excluding hydrogens is 292 g/mol. The first kappa shape index (κ1) is 15.4. The summed E-state index contributed by atoms with van der Waals surface area (Å²) in [6.07, 6.45) is 0. The number of rotatable bonds is 3. The van der Waals surface area contributed by atoms with Crippen molar-refractivity contribution < 1.29 is 10.1 Å². The van der Waals surface area contributed by atoms with Gasteiger partial charge in [0.05, 0.1) is 4.92 Å². The Morgan fingerprint density at radius 1 is 1.57 bits per heavy atom. The monoisotopic (exact) mass is 310 g/mol. The lowest BCUT2D eigenvalue weighted by Crippen LogP contribution is -2.45. The van der Waals surface area contributed by atoms with Gasteiger partial charge in [0.1, 0.15) is 5.69 Å². The molecule has 0 radical (unpaired) electrons. The third kappa shape index (κ3) is 3.05. The summed E-state index contributed by atoms with van der Waals surface area (Å²) in [5, 5.41) is 23.3. The van der Waals surface area contributed by atoms with E-state index in [1.54, 1.807) is 12.1 Å². The van der Waals surface area contributed by atoms with E-state index in [1.807, 2.05) is 11.8 Å². The molecule has 1 aromatic carbocycles. The van der Waals surface area contributed by atoms with Gasteiger partial charge in [0.2, 0.25) is 0 Å². The van der Waals surface area contributed by atoms with Crippen molar-refractivity contribution in [3.8, 4) is 0 Å². The van der Waals surface area contributed by atoms with Crippen molar-refractivity contribution in [1.29, 1.82) is 0 Å². The minimum Gasteiger partial charge on any atom is -0.409 e. The van der Waals surface area contributed by atoms with Crippen molar-refractivity contribution in [3.05, 3.63) is 33.9 Å². The zero-order valence-electron chi connectivity index (χ0n) is 11.9. The van der Waals surface area contributed by atoms with E-state index in [1.165, 1.54) is 6.07 Å². The third-order valence-corrected chi connectivity index (χ3v) is 5.11. The molecule has 0 aliphatic carbocycles. The molecular formula is C13H18N4O3S. The van der Waals surface area contributed by atoms with Crippen LogP contribution in [0.4, 0.5) is 11.4 Å². The van der Waals surface area contributed by atoms with Gasteiger partial charge in [0, 0.05) is 35.2 Å². The van der Waals surface area contributed by atoms with Gasteiger partial charge in [-0.05, 0) is 19.1 Å². The highest BCUT2D eigenvalue weighted by Crippen LogP contribution is 2.35. The second-order valence-corrected chi connectivity index (χ2v) is 6.44. The van der Waals surface area contributed by atoms with Gasteiger partial charge in [-0.2, -0.15) is 11.8 Å². The van der Waals surface area contributed by atoms with E-state index in [0.717, 1.165) is 12.3 Å². The zero-order valence-corrected chi connectivity index (χ0v) is 12.7. The fourth-order valence-corrected chi connectivity index (χ4v) is 3.50. The molecule has 1 heterocycles. The first-order valence-corrected chi connectivity index (χ1v) is 7.65. The zero-order chi connectivity index (χ0) is 15.6. The molecule has 0 aromatic heterocycles. The van der Waals surface area contributed by atoms with Crippen molar-refractivity contribution in [3.63, 3.8) is 0 Å². The maximum atomic E-state index is 11.3. The summed E-state index contributed by atoms with van der Waals surface area (Å²) in [5.41, 5.74) is 6.39. The lowest BCUT2D eigenvalue weighted by atomic mass is 10.1. The van der Waals surface area contributed by atoms with Gasteiger partial charge in [-0.3, -0.25) is 10.1 Å². The molecule has 0 amide bonds. The van der Waals surface area contributed by atoms with E-state index >= 15 is 0 Å². The Balaban J connectivity index is 2.46. The Morgan fingerprint density at radius 2 is 2.29 bits per heavy atom. The highest BCUT2D eigenvalue weighted by molar-refractivity contribution is 8.00. The number of nitrogens with two attached hydrogens (primary N) is 1. The second kappa shape index (κ2) is 6.21. The molecule has 0 bridgehead atoms. The van der Waals surface area contributed by atoms with E-state index in [-0.39, 0.29) is 17.6 Å². The quantitative estimate of drug-likeness (QED) is 0.291. The number of hydrogen-bond donors (Lipinski definition) is 2. The molecule has 2 unspecified atom stereocenters. The van der Waals surface area contributed by atoms with Gasteiger partial charge in [-0.25, -0.2) is 0 Å². The molecule has 1 aliphatic rings. The summed E-state index contributed by atoms with van der Waals surface area (Å²) in [5.74, 6) is 0.797. The van der Waals surface area contributed by atoms with Gasteiger partial charge >= 0.3 is 0 Å². The van der Waals surface area contributed by atoms with Gasteiger partial charge < -0.3 is 15.8 Å². The van der Waals surface area contributed by atoms with Crippen LogP contribution in [0, 0.1) is 10.1 Å². The number of hydrogen-bond acceptors (Lipinski definition) is 6. The summed E-state index contributed by atoms with van der Waals surface area (Å²) in [7, 11) is 0. The normalized spacial score (nSPS) is 23.1. The Hall–Kier alpha value is -1.96. The highest BCUT2D eigenvalue weighted by atomic mass is 32.2. The molecule has 3 N–H and O–H groups in total. The van der Waals surface area contributed by atoms with Gasteiger partial charge in [0.15, 0.2) is 5.84 Å². The fourth-order valence-electron chi connectivity index (χ4n) is 2.40. The van der Waals surface area contributed by atoms with Gasteiger partial charge in [-0.15, -0.1) is 0 Å². The lowest BCUT2D eigenvalue weighted by molar-refractivity contribution is -0.384. The van der Waals surface area contributed by atoms with Crippen molar-refractivity contribution in [2.75, 3.05) is 17.2 Å². The average Bonchev–Trinajstić information content (AvgIpc) is 2.48. The van der Waals surface area contributed by atoms with Crippen LogP contribution in [0.2, 0.25) is 0 Å². The molecule has 1 aromatic rings. The molecule has 7 nitrogen and oxygen atoms in total. The Kier molecular flexibility index (Phi) is 4.56. The van der Waals surface area contributed by atoms with Crippen molar-refractivity contribution >= 4 is 29.0 Å². The Morgan fingerprint density at radius 3 is 2.90 bits per heavy atom. The largest absolute Gasteiger partial charge is 0.409 e. The van der Waals surface area contributed by atoms with E-state index < -0.39 is 4.92 Å². The average molecular weight is 310 g/mol. The number of oxime groups is 1. The number of anilines is 1. The first-order chi connectivity index (χ1) is 9.95. The van der Waals surface area contributed by atoms with Crippen LogP contribution in [0.3, 0.4) is 0 Å². The predicted molar refractivity (Wildman–Crippen MR) is 84.3 cm³/mol. The van der Waals surface area contributed by atoms with Gasteiger partial charge in [-0.1, -0.05) is 12.1 Å². The molecule has 1 fully saturated rings. The van der Waals surface area contributed by atoms with Crippen LogP contribution in [0.5, 0.6) is 0 Å². The molecule has 1 aliphatic heterocycles. The molecule has 2 rings (SSSR count). The van der Waals surface area contributed by atoms with Crippen LogP contribution in [0.1, 0.15) is 19.4 Å². The number of nitro benzene ring substituents is 1. The summed E-state index contributed by atoms with van der Waals surface area (Å²) in [6.45, 7) is 4.95. The Bertz CT molecular complexity index is 579. The lowest BCUT2D eigenvalue weighted by Gasteiger charge is -2.38. The topological polar surface area (TPSA) is 105 Å². The van der Waals surface area contributed by atoms with Crippen LogP contribution < -0.4 is 10.6 Å². The number of nitrogens with zero attached hydrogens (tertiary/aromatic N) is 3. The SMILES string of the molecule is CC1SCCN(c2ccc(/C(N)=N/O)cc2[N+](=O)[O-])C1C. The van der Waals surface area contributed by atoms with Crippen molar-refractivity contribution in [1.82, 2.24) is 0 Å². The standard InChI is InChI=1S/C13H18N4O3S/c1-8-9(2)21-6-5-16(8)11-4-3-10(13(14)15-18)7-12(11)17(19)20/h3-4,7-9,18H,5-6H2,1-2H3,(H2,14,15). The molecule has 1 saturated heterocycles. The third-order valence-electron chi connectivity index (χ3n) is 3.77. The van der Waals surface area contributed by atoms with E-state index in [0.29, 0.717) is 16.5 Å². The fraction of sp³-hybridized carbons (Fsp3) is 0.462. The molecule has 8 heteroatoms. The van der Waals surface area contributed by atoms with E-state index in [4.69, 9.17) is 10.9 Å². The van der Waals surface area contributed by atoms with Crippen LogP contribution in [0.15, 0.2) is 23.4 Å². The highest BCUT2D eigenvalue weighted by Gasteiger charge is 2.30. The van der Waals surface area contributed by atoms with Crippen LogP contribution in [0.25, 0.3) is 0 Å². The summed E-state index contributed by atoms with van der Waals surface area (Å²) in [6, 6.07) is 4.86. The summed E-state index contributed by atoms with van der Waals surface area (Å²) < 4.78 is 0. The molecule has 0 saturated carbocycles. The van der Waals surface area contributed by atoms with E-state index in [9.17, 15) is 10.1 Å². The molecule has 2 atom stereocenters. The molecule has 114 valence electrons. The summed E-state index contributed by atoms with van der Waals surface area (Å²) >= 11 is 1.87. The minimum absolute atomic E-state index is 0.0231. The van der Waals surface area contributed by atoms with Crippen LogP contribution >= 0.6 is 11.8 Å². The molecule has 21 heavy (non-hydrogen) atoms. The van der Waals surface area contributed by atoms with Crippen molar-refractivity contribution in [2.45, 2.75) is 25.1 Å². The van der Waals surface area contributed by atoms with Gasteiger partial charge in [0.25, 0.3) is 5.69 Å². The number of nitro groups is 1. The number of thioether (sulfide) groups is 1. The van der Waals surface area contributed by atoms with E-state index in [2.05, 4.69) is 23.9 Å². The Labute approximate surface area is 126 Å². The second-order valence-electron chi connectivity index (χ2n) is 4.96. The summed E-state index contributed by atoms with van der Waals surface area (Å²) in [4.78, 5) is 13.0. The smallest absolute Gasteiger partial charge is 0.293 e. The number of amidine groups is 1. The molecule has 0 spiro atoms.